The molecule has 0 saturated heterocycles. The number of carbonyl (C=O) groups excluding carboxylic acids is 1. The van der Waals surface area contributed by atoms with E-state index in [-0.39, 0.29) is 23.8 Å². The Hall–Kier alpha value is -0.920. The zero-order valence-corrected chi connectivity index (χ0v) is 13.3. The standard InChI is InChI=1S/C12H17BrN2O3S/c1-3-14-12(16)6-7-15-19(17,18)11-5-4-9(2)8-10(11)13/h4-5,8,15H,3,6-7H2,1-2H3,(H,14,16). The van der Waals surface area contributed by atoms with Crippen LogP contribution in [0.5, 0.6) is 0 Å². The molecule has 0 spiro atoms. The first kappa shape index (κ1) is 16.1. The molecule has 0 atom stereocenters. The number of carbonyl (C=O) groups is 1. The fourth-order valence-electron chi connectivity index (χ4n) is 1.49. The van der Waals surface area contributed by atoms with E-state index in [1.54, 1.807) is 12.1 Å². The first-order valence-electron chi connectivity index (χ1n) is 5.89. The highest BCUT2D eigenvalue weighted by Crippen LogP contribution is 2.22. The van der Waals surface area contributed by atoms with Crippen molar-refractivity contribution in [3.05, 3.63) is 28.2 Å². The third kappa shape index (κ3) is 4.93. The smallest absolute Gasteiger partial charge is 0.241 e. The van der Waals surface area contributed by atoms with E-state index in [1.165, 1.54) is 6.07 Å². The van der Waals surface area contributed by atoms with Crippen molar-refractivity contribution in [2.24, 2.45) is 0 Å². The third-order valence-electron chi connectivity index (χ3n) is 2.39. The van der Waals surface area contributed by atoms with Gasteiger partial charge in [0.25, 0.3) is 0 Å². The summed E-state index contributed by atoms with van der Waals surface area (Å²) in [6, 6.07) is 5.00. The average molecular weight is 349 g/mol. The topological polar surface area (TPSA) is 75.3 Å². The monoisotopic (exact) mass is 348 g/mol. The van der Waals surface area contributed by atoms with Gasteiger partial charge < -0.3 is 5.32 Å². The summed E-state index contributed by atoms with van der Waals surface area (Å²) >= 11 is 3.23. The highest BCUT2D eigenvalue weighted by molar-refractivity contribution is 9.10. The van der Waals surface area contributed by atoms with Crippen LogP contribution in [0.2, 0.25) is 0 Å². The third-order valence-corrected chi connectivity index (χ3v) is 4.83. The summed E-state index contributed by atoms with van der Waals surface area (Å²) in [7, 11) is -3.60. The van der Waals surface area contributed by atoms with Crippen LogP contribution in [0.25, 0.3) is 0 Å². The molecular weight excluding hydrogens is 332 g/mol. The Balaban J connectivity index is 2.68. The minimum absolute atomic E-state index is 0.0779. The van der Waals surface area contributed by atoms with Gasteiger partial charge in [0.1, 0.15) is 0 Å². The molecule has 0 aromatic heterocycles. The first-order valence-corrected chi connectivity index (χ1v) is 8.17. The van der Waals surface area contributed by atoms with Gasteiger partial charge in [-0.15, -0.1) is 0 Å². The minimum Gasteiger partial charge on any atom is -0.356 e. The van der Waals surface area contributed by atoms with Gasteiger partial charge in [-0.05, 0) is 47.5 Å². The quantitative estimate of drug-likeness (QED) is 0.819. The van der Waals surface area contributed by atoms with Crippen molar-refractivity contribution in [2.45, 2.75) is 25.2 Å². The second-order valence-electron chi connectivity index (χ2n) is 4.04. The number of aryl methyl sites for hydroxylation is 1. The summed E-state index contributed by atoms with van der Waals surface area (Å²) < 4.78 is 27.0. The Kier molecular flexibility index (Phi) is 5.96. The number of nitrogens with one attached hydrogen (secondary N) is 2. The van der Waals surface area contributed by atoms with E-state index < -0.39 is 10.0 Å². The van der Waals surface area contributed by atoms with Gasteiger partial charge in [0.2, 0.25) is 15.9 Å². The lowest BCUT2D eigenvalue weighted by Crippen LogP contribution is -2.30. The predicted molar refractivity (Wildman–Crippen MR) is 77.4 cm³/mol. The van der Waals surface area contributed by atoms with Crippen LogP contribution in [-0.4, -0.2) is 27.4 Å². The molecule has 1 rings (SSSR count). The van der Waals surface area contributed by atoms with Crippen LogP contribution in [0.4, 0.5) is 0 Å². The molecule has 5 nitrogen and oxygen atoms in total. The summed E-state index contributed by atoms with van der Waals surface area (Å²) in [6.45, 7) is 4.30. The molecule has 1 aromatic carbocycles. The lowest BCUT2D eigenvalue weighted by molar-refractivity contribution is -0.120. The molecule has 0 saturated carbocycles. The largest absolute Gasteiger partial charge is 0.356 e. The fourth-order valence-corrected chi connectivity index (χ4v) is 3.71. The molecule has 106 valence electrons. The molecule has 0 heterocycles. The first-order chi connectivity index (χ1) is 8.86. The number of hydrogen-bond acceptors (Lipinski definition) is 3. The second-order valence-corrected chi connectivity index (χ2v) is 6.62. The Bertz CT molecular complexity index is 558. The maximum absolute atomic E-state index is 12.0. The van der Waals surface area contributed by atoms with Gasteiger partial charge in [-0.25, -0.2) is 13.1 Å². The minimum atomic E-state index is -3.60. The van der Waals surface area contributed by atoms with Crippen LogP contribution in [0.1, 0.15) is 18.9 Å². The van der Waals surface area contributed by atoms with Crippen molar-refractivity contribution >= 4 is 31.9 Å². The van der Waals surface area contributed by atoms with E-state index in [2.05, 4.69) is 26.0 Å². The average Bonchev–Trinajstić information content (AvgIpc) is 2.28. The van der Waals surface area contributed by atoms with Gasteiger partial charge in [0.15, 0.2) is 0 Å². The highest BCUT2D eigenvalue weighted by atomic mass is 79.9. The molecule has 0 aliphatic heterocycles. The predicted octanol–water partition coefficient (Wildman–Crippen LogP) is 1.56. The van der Waals surface area contributed by atoms with Crippen LogP contribution in [0.15, 0.2) is 27.6 Å². The van der Waals surface area contributed by atoms with E-state index in [1.807, 2.05) is 13.8 Å². The van der Waals surface area contributed by atoms with Crippen molar-refractivity contribution in [3.8, 4) is 0 Å². The summed E-state index contributed by atoms with van der Waals surface area (Å²) in [5.74, 6) is -0.173. The molecule has 0 bridgehead atoms. The van der Waals surface area contributed by atoms with Crippen LogP contribution >= 0.6 is 15.9 Å². The van der Waals surface area contributed by atoms with Gasteiger partial charge >= 0.3 is 0 Å². The van der Waals surface area contributed by atoms with Gasteiger partial charge in [-0.1, -0.05) is 6.07 Å². The van der Waals surface area contributed by atoms with E-state index in [9.17, 15) is 13.2 Å². The number of hydrogen-bond donors (Lipinski definition) is 2. The zero-order chi connectivity index (χ0) is 14.5. The Labute approximate surface area is 122 Å². The number of rotatable bonds is 6. The van der Waals surface area contributed by atoms with Crippen molar-refractivity contribution < 1.29 is 13.2 Å². The van der Waals surface area contributed by atoms with E-state index >= 15 is 0 Å². The van der Waals surface area contributed by atoms with Crippen molar-refractivity contribution in [1.82, 2.24) is 10.0 Å². The van der Waals surface area contributed by atoms with E-state index in [0.717, 1.165) is 5.56 Å². The highest BCUT2D eigenvalue weighted by Gasteiger charge is 2.17. The van der Waals surface area contributed by atoms with Crippen molar-refractivity contribution in [2.75, 3.05) is 13.1 Å². The van der Waals surface area contributed by atoms with Gasteiger partial charge in [0, 0.05) is 24.0 Å². The number of sulfonamides is 1. The molecule has 0 aliphatic rings. The summed E-state index contributed by atoms with van der Waals surface area (Å²) in [5.41, 5.74) is 0.966. The van der Waals surface area contributed by atoms with Gasteiger partial charge in [-0.2, -0.15) is 0 Å². The normalized spacial score (nSPS) is 11.3. The Morgan fingerprint density at radius 1 is 1.37 bits per heavy atom. The number of halogens is 1. The van der Waals surface area contributed by atoms with Crippen molar-refractivity contribution in [3.63, 3.8) is 0 Å². The molecule has 1 amide bonds. The van der Waals surface area contributed by atoms with Crippen LogP contribution in [0, 0.1) is 6.92 Å². The molecule has 19 heavy (non-hydrogen) atoms. The molecule has 7 heteroatoms. The van der Waals surface area contributed by atoms with Crippen molar-refractivity contribution in [1.29, 1.82) is 0 Å². The van der Waals surface area contributed by atoms with Crippen LogP contribution < -0.4 is 10.0 Å². The summed E-state index contributed by atoms with van der Waals surface area (Å²) in [4.78, 5) is 11.4. The molecule has 0 unspecified atom stereocenters. The molecule has 1 aromatic rings. The Morgan fingerprint density at radius 3 is 2.63 bits per heavy atom. The van der Waals surface area contributed by atoms with E-state index in [0.29, 0.717) is 11.0 Å². The zero-order valence-electron chi connectivity index (χ0n) is 10.9. The van der Waals surface area contributed by atoms with Crippen LogP contribution in [-0.2, 0) is 14.8 Å². The molecule has 0 radical (unpaired) electrons. The maximum atomic E-state index is 12.0. The lowest BCUT2D eigenvalue weighted by atomic mass is 10.2. The SMILES string of the molecule is CCNC(=O)CCNS(=O)(=O)c1ccc(C)cc1Br. The molecule has 2 N–H and O–H groups in total. The fraction of sp³-hybridized carbons (Fsp3) is 0.417. The van der Waals surface area contributed by atoms with Gasteiger partial charge in [0.05, 0.1) is 4.90 Å². The molecular formula is C12H17BrN2O3S. The van der Waals surface area contributed by atoms with Crippen LogP contribution in [0.3, 0.4) is 0 Å². The van der Waals surface area contributed by atoms with E-state index in [4.69, 9.17) is 0 Å². The van der Waals surface area contributed by atoms with Gasteiger partial charge in [-0.3, -0.25) is 4.79 Å². The lowest BCUT2D eigenvalue weighted by Gasteiger charge is -2.09. The maximum Gasteiger partial charge on any atom is 0.241 e. The molecule has 0 fully saturated rings. The Morgan fingerprint density at radius 2 is 2.05 bits per heavy atom. The number of benzene rings is 1. The summed E-state index contributed by atoms with van der Waals surface area (Å²) in [5, 5.41) is 2.61. The molecule has 0 aliphatic carbocycles. The number of amides is 1. The second kappa shape index (κ2) is 7.02. The summed E-state index contributed by atoms with van der Waals surface area (Å²) in [6.07, 6.45) is 0.122.